The van der Waals surface area contributed by atoms with Gasteiger partial charge in [-0.1, -0.05) is 0 Å². The van der Waals surface area contributed by atoms with E-state index in [0.717, 1.165) is 5.69 Å². The van der Waals surface area contributed by atoms with E-state index in [4.69, 9.17) is 5.11 Å². The second-order valence-electron chi connectivity index (χ2n) is 3.86. The second kappa shape index (κ2) is 5.45. The minimum absolute atomic E-state index is 0.0982. The number of aromatic nitrogens is 3. The lowest BCUT2D eigenvalue weighted by atomic mass is 10.1. The molecule has 0 aliphatic rings. The Morgan fingerprint density at radius 2 is 2.18 bits per heavy atom. The van der Waals surface area contributed by atoms with E-state index in [1.807, 2.05) is 18.3 Å². The van der Waals surface area contributed by atoms with Gasteiger partial charge in [0.15, 0.2) is 0 Å². The molecule has 2 heterocycles. The third kappa shape index (κ3) is 3.04. The highest BCUT2D eigenvalue weighted by molar-refractivity contribution is 5.41. The molecule has 5 nitrogen and oxygen atoms in total. The smallest absolute Gasteiger partial charge is 0.0731 e. The minimum atomic E-state index is 0.0982. The van der Waals surface area contributed by atoms with Crippen LogP contribution in [0.1, 0.15) is 18.5 Å². The third-order valence-electron chi connectivity index (χ3n) is 2.55. The summed E-state index contributed by atoms with van der Waals surface area (Å²) in [6, 6.07) is 4.16. The van der Waals surface area contributed by atoms with Crippen molar-refractivity contribution in [3.63, 3.8) is 0 Å². The van der Waals surface area contributed by atoms with Crippen LogP contribution in [0.2, 0.25) is 0 Å². The first-order chi connectivity index (χ1) is 8.29. The van der Waals surface area contributed by atoms with Crippen LogP contribution in [0.4, 0.5) is 5.69 Å². The summed E-state index contributed by atoms with van der Waals surface area (Å²) in [4.78, 5) is 3.99. The van der Waals surface area contributed by atoms with Crippen molar-refractivity contribution >= 4 is 5.69 Å². The lowest BCUT2D eigenvalue weighted by Gasteiger charge is -2.13. The van der Waals surface area contributed by atoms with Gasteiger partial charge in [0, 0.05) is 24.6 Å². The molecule has 0 aliphatic heterocycles. The Morgan fingerprint density at radius 1 is 1.41 bits per heavy atom. The summed E-state index contributed by atoms with van der Waals surface area (Å²) >= 11 is 0. The van der Waals surface area contributed by atoms with Gasteiger partial charge < -0.3 is 10.4 Å². The van der Waals surface area contributed by atoms with Crippen LogP contribution >= 0.6 is 0 Å². The number of hydrogen-bond acceptors (Lipinski definition) is 4. The number of nitrogens with zero attached hydrogens (tertiary/aromatic N) is 3. The average Bonchev–Trinajstić information content (AvgIpc) is 2.78. The van der Waals surface area contributed by atoms with Gasteiger partial charge in [-0.15, -0.1) is 0 Å². The molecule has 2 rings (SSSR count). The van der Waals surface area contributed by atoms with Gasteiger partial charge >= 0.3 is 0 Å². The molecular formula is C12H16N4O. The average molecular weight is 232 g/mol. The number of rotatable bonds is 5. The molecule has 2 aromatic heterocycles. The molecule has 5 heteroatoms. The Bertz CT molecular complexity index is 455. The van der Waals surface area contributed by atoms with Gasteiger partial charge in [-0.3, -0.25) is 9.67 Å². The van der Waals surface area contributed by atoms with Crippen molar-refractivity contribution in [1.82, 2.24) is 14.8 Å². The molecule has 0 amide bonds. The molecule has 17 heavy (non-hydrogen) atoms. The van der Waals surface area contributed by atoms with Crippen molar-refractivity contribution in [2.24, 2.45) is 0 Å². The Kier molecular flexibility index (Phi) is 3.72. The maximum Gasteiger partial charge on any atom is 0.0731 e. The van der Waals surface area contributed by atoms with E-state index in [2.05, 4.69) is 22.3 Å². The molecule has 0 aromatic carbocycles. The number of hydrogen-bond donors (Lipinski definition) is 2. The standard InChI is InChI=1S/C12H16N4O/c1-10(11-2-4-13-5-3-11)15-12-8-14-16(9-12)6-7-17/h2-5,8-10,15,17H,6-7H2,1H3. The van der Waals surface area contributed by atoms with Crippen LogP contribution < -0.4 is 5.32 Å². The molecule has 0 bridgehead atoms. The Hall–Kier alpha value is -1.88. The second-order valence-corrected chi connectivity index (χ2v) is 3.86. The van der Waals surface area contributed by atoms with E-state index in [1.54, 1.807) is 23.3 Å². The van der Waals surface area contributed by atoms with Crippen molar-refractivity contribution in [1.29, 1.82) is 0 Å². The van der Waals surface area contributed by atoms with Gasteiger partial charge in [0.05, 0.1) is 25.0 Å². The highest BCUT2D eigenvalue weighted by atomic mass is 16.3. The van der Waals surface area contributed by atoms with E-state index in [0.29, 0.717) is 6.54 Å². The molecule has 0 saturated heterocycles. The topological polar surface area (TPSA) is 63.0 Å². The summed E-state index contributed by atoms with van der Waals surface area (Å²) in [5.74, 6) is 0. The lowest BCUT2D eigenvalue weighted by Crippen LogP contribution is -2.06. The summed E-state index contributed by atoms with van der Waals surface area (Å²) in [6.45, 7) is 2.70. The fraction of sp³-hybridized carbons (Fsp3) is 0.333. The Labute approximate surface area is 100 Å². The molecule has 0 saturated carbocycles. The molecule has 90 valence electrons. The van der Waals surface area contributed by atoms with E-state index in [-0.39, 0.29) is 12.6 Å². The van der Waals surface area contributed by atoms with E-state index >= 15 is 0 Å². The van der Waals surface area contributed by atoms with Crippen LogP contribution in [-0.4, -0.2) is 26.5 Å². The molecule has 0 aliphatic carbocycles. The van der Waals surface area contributed by atoms with Crippen molar-refractivity contribution in [3.8, 4) is 0 Å². The normalized spacial score (nSPS) is 12.4. The van der Waals surface area contributed by atoms with E-state index in [1.165, 1.54) is 5.56 Å². The number of pyridine rings is 1. The van der Waals surface area contributed by atoms with Gasteiger partial charge in [-0.05, 0) is 24.6 Å². The zero-order valence-electron chi connectivity index (χ0n) is 9.74. The van der Waals surface area contributed by atoms with Gasteiger partial charge in [-0.25, -0.2) is 0 Å². The molecule has 1 atom stereocenters. The summed E-state index contributed by atoms with van der Waals surface area (Å²) in [5, 5.41) is 16.3. The van der Waals surface area contributed by atoms with Gasteiger partial charge in [0.25, 0.3) is 0 Å². The largest absolute Gasteiger partial charge is 0.394 e. The van der Waals surface area contributed by atoms with Crippen LogP contribution in [0, 0.1) is 0 Å². The van der Waals surface area contributed by atoms with Crippen LogP contribution in [0.3, 0.4) is 0 Å². The highest BCUT2D eigenvalue weighted by Gasteiger charge is 2.05. The molecule has 0 radical (unpaired) electrons. The predicted octanol–water partition coefficient (Wildman–Crippen LogP) is 1.44. The van der Waals surface area contributed by atoms with Crippen molar-refractivity contribution in [2.75, 3.05) is 11.9 Å². The zero-order valence-corrected chi connectivity index (χ0v) is 9.74. The van der Waals surface area contributed by atoms with Crippen molar-refractivity contribution in [2.45, 2.75) is 19.5 Å². The monoisotopic (exact) mass is 232 g/mol. The summed E-state index contributed by atoms with van der Waals surface area (Å²) in [6.07, 6.45) is 7.20. The van der Waals surface area contributed by atoms with Crippen LogP contribution in [0.25, 0.3) is 0 Å². The van der Waals surface area contributed by atoms with Gasteiger partial charge in [0.2, 0.25) is 0 Å². The number of nitrogens with one attached hydrogen (secondary N) is 1. The molecule has 1 unspecified atom stereocenters. The highest BCUT2D eigenvalue weighted by Crippen LogP contribution is 2.17. The molecular weight excluding hydrogens is 216 g/mol. The predicted molar refractivity (Wildman–Crippen MR) is 65.6 cm³/mol. The third-order valence-corrected chi connectivity index (χ3v) is 2.55. The zero-order chi connectivity index (χ0) is 12.1. The fourth-order valence-corrected chi connectivity index (χ4v) is 1.65. The quantitative estimate of drug-likeness (QED) is 0.819. The first-order valence-corrected chi connectivity index (χ1v) is 5.59. The van der Waals surface area contributed by atoms with E-state index in [9.17, 15) is 0 Å². The van der Waals surface area contributed by atoms with Crippen LogP contribution in [-0.2, 0) is 6.54 Å². The summed E-state index contributed by atoms with van der Waals surface area (Å²) in [5.41, 5.74) is 2.12. The molecule has 0 fully saturated rings. The van der Waals surface area contributed by atoms with Crippen molar-refractivity contribution in [3.05, 3.63) is 42.5 Å². The van der Waals surface area contributed by atoms with Crippen LogP contribution in [0.5, 0.6) is 0 Å². The lowest BCUT2D eigenvalue weighted by molar-refractivity contribution is 0.269. The number of anilines is 1. The van der Waals surface area contributed by atoms with E-state index < -0.39 is 0 Å². The van der Waals surface area contributed by atoms with Gasteiger partial charge in [-0.2, -0.15) is 5.10 Å². The minimum Gasteiger partial charge on any atom is -0.394 e. The number of aliphatic hydroxyl groups is 1. The van der Waals surface area contributed by atoms with Crippen molar-refractivity contribution < 1.29 is 5.11 Å². The molecule has 2 N–H and O–H groups in total. The first-order valence-electron chi connectivity index (χ1n) is 5.59. The Morgan fingerprint density at radius 3 is 2.88 bits per heavy atom. The Balaban J connectivity index is 2.00. The summed E-state index contributed by atoms with van der Waals surface area (Å²) in [7, 11) is 0. The number of aliphatic hydroxyl groups excluding tert-OH is 1. The first kappa shape index (κ1) is 11.6. The maximum absolute atomic E-state index is 8.80. The SMILES string of the molecule is CC(Nc1cnn(CCO)c1)c1ccncc1. The van der Waals surface area contributed by atoms with Gasteiger partial charge in [0.1, 0.15) is 0 Å². The summed E-state index contributed by atoms with van der Waals surface area (Å²) < 4.78 is 1.71. The fourth-order valence-electron chi connectivity index (χ4n) is 1.65. The molecule has 0 spiro atoms. The van der Waals surface area contributed by atoms with Crippen LogP contribution in [0.15, 0.2) is 36.9 Å². The molecule has 2 aromatic rings. The maximum atomic E-state index is 8.80.